The molecule has 0 aliphatic heterocycles. The summed E-state index contributed by atoms with van der Waals surface area (Å²) in [6.07, 6.45) is 1.74. The minimum Gasteiger partial charge on any atom is -0.492 e. The van der Waals surface area contributed by atoms with Gasteiger partial charge in [-0.3, -0.25) is 0 Å². The molecule has 3 aromatic rings. The summed E-state index contributed by atoms with van der Waals surface area (Å²) in [5.41, 5.74) is 1.03. The molecule has 0 atom stereocenters. The number of ether oxygens (including phenoxy) is 1. The number of hydrogen-bond acceptors (Lipinski definition) is 5. The van der Waals surface area contributed by atoms with Gasteiger partial charge in [0, 0.05) is 13.1 Å². The third-order valence-corrected chi connectivity index (χ3v) is 6.58. The van der Waals surface area contributed by atoms with Crippen molar-refractivity contribution in [3.8, 4) is 5.75 Å². The quantitative estimate of drug-likeness (QED) is 0.464. The Bertz CT molecular complexity index is 1210. The lowest BCUT2D eigenvalue weighted by Crippen LogP contribution is -2.28. The highest BCUT2D eigenvalue weighted by Crippen LogP contribution is 2.22. The molecule has 0 aliphatic carbocycles. The zero-order valence-electron chi connectivity index (χ0n) is 16.5. The van der Waals surface area contributed by atoms with Crippen molar-refractivity contribution in [1.82, 2.24) is 9.44 Å². The Morgan fingerprint density at radius 2 is 1.50 bits per heavy atom. The Kier molecular flexibility index (Phi) is 7.09. The van der Waals surface area contributed by atoms with Crippen molar-refractivity contribution in [1.29, 1.82) is 0 Å². The van der Waals surface area contributed by atoms with Gasteiger partial charge in [0.2, 0.25) is 20.0 Å². The second kappa shape index (κ2) is 9.57. The summed E-state index contributed by atoms with van der Waals surface area (Å²) in [5.74, 6) is 0.646. The number of rotatable bonds is 10. The fourth-order valence-electron chi connectivity index (χ4n) is 2.93. The Morgan fingerprint density at radius 3 is 2.23 bits per heavy atom. The van der Waals surface area contributed by atoms with Crippen LogP contribution >= 0.6 is 0 Å². The van der Waals surface area contributed by atoms with Crippen molar-refractivity contribution in [2.75, 3.05) is 26.0 Å². The predicted octanol–water partition coefficient (Wildman–Crippen LogP) is 2.29. The molecule has 0 spiro atoms. The van der Waals surface area contributed by atoms with E-state index >= 15 is 0 Å². The highest BCUT2D eigenvalue weighted by atomic mass is 32.2. The largest absolute Gasteiger partial charge is 0.492 e. The van der Waals surface area contributed by atoms with Gasteiger partial charge in [0.1, 0.15) is 12.4 Å². The molecule has 3 aromatic carbocycles. The van der Waals surface area contributed by atoms with Gasteiger partial charge in [-0.15, -0.1) is 0 Å². The summed E-state index contributed by atoms with van der Waals surface area (Å²) in [6, 6.07) is 19.7. The normalized spacial score (nSPS) is 12.2. The summed E-state index contributed by atoms with van der Waals surface area (Å²) in [6.45, 7) is 0.707. The average Bonchev–Trinajstić information content (AvgIpc) is 2.71. The van der Waals surface area contributed by atoms with Gasteiger partial charge in [0.15, 0.2) is 0 Å². The summed E-state index contributed by atoms with van der Waals surface area (Å²) in [7, 11) is -6.73. The molecular formula is C21H24N2O5S2. The van der Waals surface area contributed by atoms with Gasteiger partial charge in [-0.25, -0.2) is 26.3 Å². The average molecular weight is 449 g/mol. The lowest BCUT2D eigenvalue weighted by Gasteiger charge is -2.10. The van der Waals surface area contributed by atoms with Crippen molar-refractivity contribution in [2.45, 2.75) is 11.3 Å². The second-order valence-electron chi connectivity index (χ2n) is 6.82. The number of fused-ring (bicyclic) bond motifs is 1. The second-order valence-corrected chi connectivity index (χ2v) is 10.4. The molecule has 0 amide bonds. The summed E-state index contributed by atoms with van der Waals surface area (Å²) in [5, 5.41) is 2.00. The fraction of sp³-hybridized carbons (Fsp3) is 0.238. The van der Waals surface area contributed by atoms with Gasteiger partial charge >= 0.3 is 0 Å². The molecule has 3 rings (SSSR count). The van der Waals surface area contributed by atoms with Crippen LogP contribution in [0.1, 0.15) is 5.56 Å². The van der Waals surface area contributed by atoms with Crippen LogP contribution in [0.3, 0.4) is 0 Å². The first-order valence-electron chi connectivity index (χ1n) is 9.38. The zero-order valence-corrected chi connectivity index (χ0v) is 18.2. The molecule has 0 saturated heterocycles. The Balaban J connectivity index is 1.54. The van der Waals surface area contributed by atoms with E-state index in [2.05, 4.69) is 9.44 Å². The smallest absolute Gasteiger partial charge is 0.240 e. The fourth-order valence-corrected chi connectivity index (χ4v) is 4.43. The lowest BCUT2D eigenvalue weighted by molar-refractivity contribution is 0.323. The van der Waals surface area contributed by atoms with Crippen LogP contribution in [0.15, 0.2) is 71.6 Å². The van der Waals surface area contributed by atoms with Crippen molar-refractivity contribution < 1.29 is 21.6 Å². The first-order chi connectivity index (χ1) is 14.2. The van der Waals surface area contributed by atoms with Crippen molar-refractivity contribution >= 4 is 30.8 Å². The van der Waals surface area contributed by atoms with Crippen LogP contribution in [0, 0.1) is 0 Å². The zero-order chi connectivity index (χ0) is 21.6. The molecule has 0 saturated carbocycles. The maximum Gasteiger partial charge on any atom is 0.240 e. The maximum absolute atomic E-state index is 12.2. The van der Waals surface area contributed by atoms with E-state index in [1.807, 2.05) is 36.4 Å². The van der Waals surface area contributed by atoms with E-state index in [-0.39, 0.29) is 18.0 Å². The van der Waals surface area contributed by atoms with Crippen molar-refractivity contribution in [3.05, 3.63) is 72.3 Å². The Hall–Kier alpha value is -2.46. The molecule has 0 radical (unpaired) electrons. The van der Waals surface area contributed by atoms with E-state index in [9.17, 15) is 16.8 Å². The molecule has 30 heavy (non-hydrogen) atoms. The maximum atomic E-state index is 12.2. The standard InChI is InChI=1S/C21H24N2O5S2/c1-29(24,25)22-12-11-17-7-8-19-16-20(10-9-18(19)15-17)28-14-13-23-30(26,27)21-5-3-2-4-6-21/h2-10,15-16,22-23H,11-14H2,1H3. The van der Waals surface area contributed by atoms with Crippen LogP contribution in [0.2, 0.25) is 0 Å². The van der Waals surface area contributed by atoms with Crippen LogP contribution in [0.5, 0.6) is 5.75 Å². The van der Waals surface area contributed by atoms with Gasteiger partial charge < -0.3 is 4.74 Å². The highest BCUT2D eigenvalue weighted by molar-refractivity contribution is 7.89. The van der Waals surface area contributed by atoms with E-state index in [4.69, 9.17) is 4.74 Å². The number of nitrogens with one attached hydrogen (secondary N) is 2. The van der Waals surface area contributed by atoms with Crippen LogP contribution < -0.4 is 14.2 Å². The molecule has 0 aromatic heterocycles. The molecule has 0 aliphatic rings. The monoisotopic (exact) mass is 448 g/mol. The third-order valence-electron chi connectivity index (χ3n) is 4.37. The number of benzene rings is 3. The van der Waals surface area contributed by atoms with Crippen LogP contribution in [0.25, 0.3) is 10.8 Å². The number of hydrogen-bond donors (Lipinski definition) is 2. The first-order valence-corrected chi connectivity index (χ1v) is 12.8. The summed E-state index contributed by atoms with van der Waals surface area (Å²) < 4.78 is 57.3. The minimum absolute atomic E-state index is 0.154. The van der Waals surface area contributed by atoms with Gasteiger partial charge in [0.25, 0.3) is 0 Å². The van der Waals surface area contributed by atoms with Gasteiger partial charge in [0.05, 0.1) is 11.2 Å². The minimum atomic E-state index is -3.54. The van der Waals surface area contributed by atoms with E-state index in [0.717, 1.165) is 22.6 Å². The molecule has 2 N–H and O–H groups in total. The molecule has 0 bridgehead atoms. The van der Waals surface area contributed by atoms with Gasteiger partial charge in [-0.1, -0.05) is 42.5 Å². The Labute approximate surface area is 177 Å². The molecule has 160 valence electrons. The van der Waals surface area contributed by atoms with E-state index in [1.54, 1.807) is 18.2 Å². The van der Waals surface area contributed by atoms with Crippen LogP contribution in [-0.2, 0) is 26.5 Å². The molecule has 7 nitrogen and oxygen atoms in total. The molecule has 0 fully saturated rings. The molecular weight excluding hydrogens is 424 g/mol. The first kappa shape index (κ1) is 22.2. The topological polar surface area (TPSA) is 102 Å². The molecule has 0 heterocycles. The van der Waals surface area contributed by atoms with Crippen LogP contribution in [-0.4, -0.2) is 42.8 Å². The van der Waals surface area contributed by atoms with Gasteiger partial charge in [-0.2, -0.15) is 0 Å². The van der Waals surface area contributed by atoms with Crippen molar-refractivity contribution in [2.24, 2.45) is 0 Å². The predicted molar refractivity (Wildman–Crippen MR) is 118 cm³/mol. The van der Waals surface area contributed by atoms with Crippen LogP contribution in [0.4, 0.5) is 0 Å². The van der Waals surface area contributed by atoms with Crippen molar-refractivity contribution in [3.63, 3.8) is 0 Å². The highest BCUT2D eigenvalue weighted by Gasteiger charge is 2.12. The summed E-state index contributed by atoms with van der Waals surface area (Å²) >= 11 is 0. The third kappa shape index (κ3) is 6.53. The molecule has 0 unspecified atom stereocenters. The number of sulfonamides is 2. The van der Waals surface area contributed by atoms with E-state index in [0.29, 0.717) is 18.7 Å². The van der Waals surface area contributed by atoms with Gasteiger partial charge in [-0.05, 0) is 47.0 Å². The lowest BCUT2D eigenvalue weighted by atomic mass is 10.0. The molecule has 9 heteroatoms. The summed E-state index contributed by atoms with van der Waals surface area (Å²) in [4.78, 5) is 0.221. The van der Waals surface area contributed by atoms with E-state index in [1.165, 1.54) is 12.1 Å². The van der Waals surface area contributed by atoms with E-state index < -0.39 is 20.0 Å². The SMILES string of the molecule is CS(=O)(=O)NCCc1ccc2cc(OCCNS(=O)(=O)c3ccccc3)ccc2c1. The Morgan fingerprint density at radius 1 is 0.800 bits per heavy atom.